The first-order valence-corrected chi connectivity index (χ1v) is 10.7. The summed E-state index contributed by atoms with van der Waals surface area (Å²) in [5.74, 6) is -5.02. The van der Waals surface area contributed by atoms with E-state index in [2.05, 4.69) is 25.9 Å². The first-order chi connectivity index (χ1) is 15.9. The molecular weight excluding hydrogens is 450 g/mol. The maximum Gasteiger partial charge on any atom is 0.328 e. The Morgan fingerprint density at radius 3 is 2.15 bits per heavy atom. The number of nitrogens with one attached hydrogen (secondary N) is 4. The van der Waals surface area contributed by atoms with Crippen molar-refractivity contribution in [1.82, 2.24) is 25.9 Å². The number of nitrogens with zero attached hydrogens (tertiary/aromatic N) is 1. The fourth-order valence-corrected chi connectivity index (χ4v) is 3.00. The summed E-state index contributed by atoms with van der Waals surface area (Å²) in [6, 6.07) is -5.24. The summed E-state index contributed by atoms with van der Waals surface area (Å²) >= 11 is 0. The molecule has 1 rings (SSSR count). The molecule has 0 bridgehead atoms. The van der Waals surface area contributed by atoms with Crippen molar-refractivity contribution < 1.29 is 34.2 Å². The molecule has 0 aliphatic heterocycles. The zero-order chi connectivity index (χ0) is 26.0. The van der Waals surface area contributed by atoms with Crippen LogP contribution in [0.2, 0.25) is 0 Å². The van der Waals surface area contributed by atoms with Crippen LogP contribution in [0, 0.1) is 5.92 Å². The van der Waals surface area contributed by atoms with E-state index in [1.807, 2.05) is 0 Å². The summed E-state index contributed by atoms with van der Waals surface area (Å²) < 4.78 is 0. The summed E-state index contributed by atoms with van der Waals surface area (Å²) in [5.41, 5.74) is 11.2. The predicted octanol–water partition coefficient (Wildman–Crippen LogP) is -2.88. The summed E-state index contributed by atoms with van der Waals surface area (Å²) in [5, 5.41) is 26.1. The van der Waals surface area contributed by atoms with E-state index in [0.29, 0.717) is 12.1 Å². The Balaban J connectivity index is 3.09. The standard InChI is InChI=1S/C20H33N7O7/c1-4-9(2)15(19(32)27-16(10(3)28)20(33)34)26-18(31)13(5-11-7-23-8-24-11)25-17(30)12(21)6-14(22)29/h7-10,12-13,15-16,28H,4-6,21H2,1-3H3,(H2,22,29)(H,23,24)(H,25,30)(H,26,31)(H,27,32)(H,33,34). The molecule has 14 heteroatoms. The Morgan fingerprint density at radius 1 is 1.06 bits per heavy atom. The number of primary amides is 1. The highest BCUT2D eigenvalue weighted by Crippen LogP contribution is 2.10. The van der Waals surface area contributed by atoms with Gasteiger partial charge < -0.3 is 42.6 Å². The van der Waals surface area contributed by atoms with Crippen LogP contribution in [-0.4, -0.2) is 80.1 Å². The van der Waals surface area contributed by atoms with E-state index in [1.165, 1.54) is 19.4 Å². The Hall–Kier alpha value is -3.52. The molecule has 0 aliphatic carbocycles. The average Bonchev–Trinajstić information content (AvgIpc) is 3.26. The molecule has 1 aromatic rings. The van der Waals surface area contributed by atoms with Crippen LogP contribution in [0.4, 0.5) is 0 Å². The van der Waals surface area contributed by atoms with Gasteiger partial charge in [-0.15, -0.1) is 0 Å². The van der Waals surface area contributed by atoms with Gasteiger partial charge in [0.15, 0.2) is 6.04 Å². The van der Waals surface area contributed by atoms with Crippen LogP contribution in [0.15, 0.2) is 12.5 Å². The molecule has 0 radical (unpaired) electrons. The molecule has 10 N–H and O–H groups in total. The summed E-state index contributed by atoms with van der Waals surface area (Å²) in [6.45, 7) is 4.66. The monoisotopic (exact) mass is 483 g/mol. The van der Waals surface area contributed by atoms with Crippen LogP contribution in [0.1, 0.15) is 39.3 Å². The molecule has 6 atom stereocenters. The molecule has 190 valence electrons. The van der Waals surface area contributed by atoms with Gasteiger partial charge in [0.05, 0.1) is 24.9 Å². The molecule has 0 saturated carbocycles. The van der Waals surface area contributed by atoms with Crippen LogP contribution < -0.4 is 27.4 Å². The number of aliphatic hydroxyl groups is 1. The molecule has 14 nitrogen and oxygen atoms in total. The third-order valence-electron chi connectivity index (χ3n) is 5.21. The Kier molecular flexibility index (Phi) is 11.1. The van der Waals surface area contributed by atoms with Crippen molar-refractivity contribution in [2.45, 2.75) is 70.3 Å². The van der Waals surface area contributed by atoms with Crippen LogP contribution in [0.3, 0.4) is 0 Å². The number of aliphatic carboxylic acids is 1. The number of imidazole rings is 1. The topological polar surface area (TPSA) is 243 Å². The summed E-state index contributed by atoms with van der Waals surface area (Å²) in [7, 11) is 0. The minimum atomic E-state index is -1.58. The third kappa shape index (κ3) is 8.78. The average molecular weight is 484 g/mol. The van der Waals surface area contributed by atoms with Gasteiger partial charge in [-0.05, 0) is 12.8 Å². The number of carboxylic acid groups (broad SMARTS) is 1. The molecule has 1 heterocycles. The van der Waals surface area contributed by atoms with E-state index in [-0.39, 0.29) is 6.42 Å². The zero-order valence-corrected chi connectivity index (χ0v) is 19.3. The first kappa shape index (κ1) is 28.5. The zero-order valence-electron chi connectivity index (χ0n) is 19.3. The van der Waals surface area contributed by atoms with Crippen molar-refractivity contribution in [3.05, 3.63) is 18.2 Å². The van der Waals surface area contributed by atoms with Crippen LogP contribution >= 0.6 is 0 Å². The lowest BCUT2D eigenvalue weighted by Crippen LogP contribution is -2.60. The largest absolute Gasteiger partial charge is 0.480 e. The number of nitrogens with two attached hydrogens (primary N) is 2. The number of aliphatic hydroxyl groups excluding tert-OH is 1. The number of hydrogen-bond donors (Lipinski definition) is 8. The van der Waals surface area contributed by atoms with E-state index in [4.69, 9.17) is 11.5 Å². The highest BCUT2D eigenvalue weighted by Gasteiger charge is 2.34. The van der Waals surface area contributed by atoms with E-state index >= 15 is 0 Å². The Morgan fingerprint density at radius 2 is 1.68 bits per heavy atom. The molecule has 34 heavy (non-hydrogen) atoms. The molecule has 1 aromatic heterocycles. The molecular formula is C20H33N7O7. The van der Waals surface area contributed by atoms with Crippen molar-refractivity contribution >= 4 is 29.6 Å². The van der Waals surface area contributed by atoms with Crippen molar-refractivity contribution in [3.8, 4) is 0 Å². The molecule has 0 spiro atoms. The minimum Gasteiger partial charge on any atom is -0.480 e. The molecule has 0 aliphatic rings. The van der Waals surface area contributed by atoms with Gasteiger partial charge in [0, 0.05) is 18.3 Å². The number of aromatic amines is 1. The van der Waals surface area contributed by atoms with Crippen molar-refractivity contribution in [2.75, 3.05) is 0 Å². The Labute approximate surface area is 196 Å². The second-order valence-corrected chi connectivity index (χ2v) is 8.06. The second-order valence-electron chi connectivity index (χ2n) is 8.06. The molecule has 0 saturated heterocycles. The van der Waals surface area contributed by atoms with E-state index < -0.39 is 72.2 Å². The number of H-pyrrole nitrogens is 1. The van der Waals surface area contributed by atoms with Gasteiger partial charge in [0.25, 0.3) is 0 Å². The fraction of sp³-hybridized carbons (Fsp3) is 0.600. The van der Waals surface area contributed by atoms with Gasteiger partial charge in [-0.3, -0.25) is 19.2 Å². The van der Waals surface area contributed by atoms with Gasteiger partial charge in [0.2, 0.25) is 23.6 Å². The van der Waals surface area contributed by atoms with Crippen LogP contribution in [0.25, 0.3) is 0 Å². The lowest BCUT2D eigenvalue weighted by atomic mass is 9.97. The van der Waals surface area contributed by atoms with E-state index in [1.54, 1.807) is 13.8 Å². The summed E-state index contributed by atoms with van der Waals surface area (Å²) in [6.07, 6.45) is 1.41. The predicted molar refractivity (Wildman–Crippen MR) is 119 cm³/mol. The minimum absolute atomic E-state index is 0.0405. The van der Waals surface area contributed by atoms with Crippen molar-refractivity contribution in [2.24, 2.45) is 17.4 Å². The highest BCUT2D eigenvalue weighted by atomic mass is 16.4. The summed E-state index contributed by atoms with van der Waals surface area (Å²) in [4.78, 5) is 67.4. The number of carbonyl (C=O) groups excluding carboxylic acids is 4. The fourth-order valence-electron chi connectivity index (χ4n) is 3.00. The van der Waals surface area contributed by atoms with Crippen LogP contribution in [0.5, 0.6) is 0 Å². The number of carbonyl (C=O) groups is 5. The number of amides is 4. The lowest BCUT2D eigenvalue weighted by Gasteiger charge is -2.28. The van der Waals surface area contributed by atoms with E-state index in [9.17, 15) is 34.2 Å². The number of rotatable bonds is 14. The highest BCUT2D eigenvalue weighted by molar-refractivity contribution is 5.95. The van der Waals surface area contributed by atoms with Crippen molar-refractivity contribution in [1.29, 1.82) is 0 Å². The molecule has 4 amide bonds. The molecule has 0 aromatic carbocycles. The second kappa shape index (κ2) is 13.3. The third-order valence-corrected chi connectivity index (χ3v) is 5.21. The van der Waals surface area contributed by atoms with Gasteiger partial charge in [-0.1, -0.05) is 20.3 Å². The molecule has 0 fully saturated rings. The van der Waals surface area contributed by atoms with Gasteiger partial charge >= 0.3 is 5.97 Å². The van der Waals surface area contributed by atoms with Crippen molar-refractivity contribution in [3.63, 3.8) is 0 Å². The Bertz CT molecular complexity index is 859. The number of aromatic nitrogens is 2. The molecule has 6 unspecified atom stereocenters. The smallest absolute Gasteiger partial charge is 0.328 e. The van der Waals surface area contributed by atoms with Crippen LogP contribution in [-0.2, 0) is 30.4 Å². The maximum absolute atomic E-state index is 13.1. The van der Waals surface area contributed by atoms with Gasteiger partial charge in [0.1, 0.15) is 12.1 Å². The lowest BCUT2D eigenvalue weighted by molar-refractivity contribution is -0.145. The quantitative estimate of drug-likeness (QED) is 0.135. The normalized spacial score (nSPS) is 16.3. The number of hydrogen-bond acceptors (Lipinski definition) is 8. The SMILES string of the molecule is CCC(C)C(NC(=O)C(Cc1cnc[nH]1)NC(=O)C(N)CC(N)=O)C(=O)NC(C(=O)O)C(C)O. The van der Waals surface area contributed by atoms with Gasteiger partial charge in [-0.25, -0.2) is 9.78 Å². The maximum atomic E-state index is 13.1. The van der Waals surface area contributed by atoms with Gasteiger partial charge in [-0.2, -0.15) is 0 Å². The number of carboxylic acids is 1. The first-order valence-electron chi connectivity index (χ1n) is 10.7. The van der Waals surface area contributed by atoms with E-state index in [0.717, 1.165) is 0 Å².